The van der Waals surface area contributed by atoms with E-state index in [4.69, 9.17) is 27.9 Å². The first-order valence-electron chi connectivity index (χ1n) is 6.58. The van der Waals surface area contributed by atoms with Crippen LogP contribution in [-0.4, -0.2) is 13.7 Å². The van der Waals surface area contributed by atoms with E-state index in [0.29, 0.717) is 27.9 Å². The third kappa shape index (κ3) is 3.67. The van der Waals surface area contributed by atoms with Crippen LogP contribution in [0, 0.1) is 5.82 Å². The molecule has 2 nitrogen and oxygen atoms in total. The first-order valence-corrected chi connectivity index (χ1v) is 7.34. The molecule has 0 aliphatic carbocycles. The van der Waals surface area contributed by atoms with Gasteiger partial charge in [-0.2, -0.15) is 0 Å². The summed E-state index contributed by atoms with van der Waals surface area (Å²) in [5, 5.41) is 4.34. The quantitative estimate of drug-likeness (QED) is 0.848. The second kappa shape index (κ2) is 7.12. The van der Waals surface area contributed by atoms with Crippen LogP contribution >= 0.6 is 23.2 Å². The highest BCUT2D eigenvalue weighted by Gasteiger charge is 2.20. The van der Waals surface area contributed by atoms with E-state index in [2.05, 4.69) is 5.32 Å². The Kier molecular flexibility index (Phi) is 5.45. The van der Waals surface area contributed by atoms with Gasteiger partial charge in [-0.1, -0.05) is 36.2 Å². The van der Waals surface area contributed by atoms with Crippen molar-refractivity contribution in [2.75, 3.05) is 13.7 Å². The largest absolute Gasteiger partial charge is 0.497 e. The molecule has 2 aromatic rings. The van der Waals surface area contributed by atoms with Crippen LogP contribution in [0.5, 0.6) is 5.75 Å². The molecule has 0 fully saturated rings. The minimum atomic E-state index is -0.368. The molecule has 1 N–H and O–H groups in total. The van der Waals surface area contributed by atoms with Gasteiger partial charge in [0.15, 0.2) is 0 Å². The molecule has 1 unspecified atom stereocenters. The molecule has 0 amide bonds. The summed E-state index contributed by atoms with van der Waals surface area (Å²) in [5.41, 5.74) is 1.25. The molecule has 0 saturated carbocycles. The zero-order valence-electron chi connectivity index (χ0n) is 11.8. The summed E-state index contributed by atoms with van der Waals surface area (Å²) in [6.07, 6.45) is 0. The van der Waals surface area contributed by atoms with E-state index in [0.717, 1.165) is 5.56 Å². The first kappa shape index (κ1) is 16.1. The SMILES string of the molecule is CCNC(c1ccc(OC)cc1F)c1cc(Cl)ccc1Cl. The summed E-state index contributed by atoms with van der Waals surface area (Å²) < 4.78 is 19.4. The Labute approximate surface area is 133 Å². The van der Waals surface area contributed by atoms with Gasteiger partial charge in [-0.15, -0.1) is 0 Å². The Morgan fingerprint density at radius 1 is 1.14 bits per heavy atom. The molecular weight excluding hydrogens is 312 g/mol. The number of ether oxygens (including phenoxy) is 1. The number of rotatable bonds is 5. The second-order valence-electron chi connectivity index (χ2n) is 4.54. The van der Waals surface area contributed by atoms with Gasteiger partial charge in [0.1, 0.15) is 11.6 Å². The van der Waals surface area contributed by atoms with Crippen molar-refractivity contribution >= 4 is 23.2 Å². The Morgan fingerprint density at radius 2 is 1.90 bits per heavy atom. The van der Waals surface area contributed by atoms with E-state index in [1.54, 1.807) is 30.3 Å². The van der Waals surface area contributed by atoms with Crippen molar-refractivity contribution in [1.82, 2.24) is 5.32 Å². The van der Waals surface area contributed by atoms with E-state index < -0.39 is 0 Å². The molecule has 21 heavy (non-hydrogen) atoms. The maximum absolute atomic E-state index is 14.3. The maximum atomic E-state index is 14.3. The predicted octanol–water partition coefficient (Wildman–Crippen LogP) is 4.84. The smallest absolute Gasteiger partial charge is 0.132 e. The van der Waals surface area contributed by atoms with Crippen LogP contribution in [0.1, 0.15) is 24.1 Å². The van der Waals surface area contributed by atoms with Crippen molar-refractivity contribution in [3.8, 4) is 5.75 Å². The van der Waals surface area contributed by atoms with Crippen LogP contribution in [0.15, 0.2) is 36.4 Å². The van der Waals surface area contributed by atoms with Gasteiger partial charge in [-0.05, 0) is 36.4 Å². The Hall–Kier alpha value is -1.29. The topological polar surface area (TPSA) is 21.3 Å². The molecule has 0 heterocycles. The molecule has 0 aromatic heterocycles. The van der Waals surface area contributed by atoms with Gasteiger partial charge >= 0.3 is 0 Å². The van der Waals surface area contributed by atoms with E-state index in [9.17, 15) is 4.39 Å². The average molecular weight is 328 g/mol. The Balaban J connectivity index is 2.50. The number of nitrogens with one attached hydrogen (secondary N) is 1. The molecule has 1 atom stereocenters. The molecule has 2 rings (SSSR count). The maximum Gasteiger partial charge on any atom is 0.132 e. The number of halogens is 3. The first-order chi connectivity index (χ1) is 10.1. The molecule has 0 aliphatic rings. The molecule has 0 aliphatic heterocycles. The summed E-state index contributed by atoms with van der Waals surface area (Å²) in [6, 6.07) is 9.58. The predicted molar refractivity (Wildman–Crippen MR) is 84.9 cm³/mol. The summed E-state index contributed by atoms with van der Waals surface area (Å²) in [7, 11) is 1.50. The van der Waals surface area contributed by atoms with Crippen LogP contribution in [-0.2, 0) is 0 Å². The van der Waals surface area contributed by atoms with E-state index >= 15 is 0 Å². The van der Waals surface area contributed by atoms with Crippen molar-refractivity contribution in [1.29, 1.82) is 0 Å². The highest BCUT2D eigenvalue weighted by Crippen LogP contribution is 2.33. The lowest BCUT2D eigenvalue weighted by Gasteiger charge is -2.21. The van der Waals surface area contributed by atoms with Crippen LogP contribution in [0.2, 0.25) is 10.0 Å². The molecule has 112 valence electrons. The normalized spacial score (nSPS) is 12.2. The number of methoxy groups -OCH3 is 1. The van der Waals surface area contributed by atoms with E-state index in [1.807, 2.05) is 6.92 Å². The number of benzene rings is 2. The minimum Gasteiger partial charge on any atom is -0.497 e. The van der Waals surface area contributed by atoms with Crippen molar-refractivity contribution in [3.63, 3.8) is 0 Å². The van der Waals surface area contributed by atoms with Crippen LogP contribution in [0.3, 0.4) is 0 Å². The second-order valence-corrected chi connectivity index (χ2v) is 5.39. The molecule has 5 heteroatoms. The fourth-order valence-electron chi connectivity index (χ4n) is 2.20. The molecule has 0 radical (unpaired) electrons. The van der Waals surface area contributed by atoms with Gasteiger partial charge in [0.25, 0.3) is 0 Å². The standard InChI is InChI=1S/C16H16Cl2FNO/c1-3-20-16(13-8-10(17)4-7-14(13)18)12-6-5-11(21-2)9-15(12)19/h4-9,16,20H,3H2,1-2H3. The summed E-state index contributed by atoms with van der Waals surface area (Å²) in [4.78, 5) is 0. The fourth-order valence-corrected chi connectivity index (χ4v) is 2.60. The Morgan fingerprint density at radius 3 is 2.52 bits per heavy atom. The lowest BCUT2D eigenvalue weighted by molar-refractivity contribution is 0.410. The van der Waals surface area contributed by atoms with Gasteiger partial charge in [0.05, 0.1) is 13.2 Å². The highest BCUT2D eigenvalue weighted by molar-refractivity contribution is 6.33. The van der Waals surface area contributed by atoms with Gasteiger partial charge in [-0.25, -0.2) is 4.39 Å². The zero-order valence-corrected chi connectivity index (χ0v) is 13.3. The third-order valence-corrected chi connectivity index (χ3v) is 3.78. The van der Waals surface area contributed by atoms with E-state index in [1.165, 1.54) is 13.2 Å². The van der Waals surface area contributed by atoms with Crippen LogP contribution < -0.4 is 10.1 Å². The summed E-state index contributed by atoms with van der Waals surface area (Å²) >= 11 is 12.3. The number of hydrogen-bond donors (Lipinski definition) is 1. The van der Waals surface area contributed by atoms with Gasteiger partial charge < -0.3 is 10.1 Å². The van der Waals surface area contributed by atoms with Crippen LogP contribution in [0.25, 0.3) is 0 Å². The van der Waals surface area contributed by atoms with Crippen molar-refractivity contribution in [2.24, 2.45) is 0 Å². The molecule has 0 bridgehead atoms. The van der Waals surface area contributed by atoms with Crippen molar-refractivity contribution in [2.45, 2.75) is 13.0 Å². The molecular formula is C16H16Cl2FNO. The minimum absolute atomic E-state index is 0.351. The highest BCUT2D eigenvalue weighted by atomic mass is 35.5. The summed E-state index contributed by atoms with van der Waals surface area (Å²) in [5.74, 6) is 0.125. The van der Waals surface area contributed by atoms with E-state index in [-0.39, 0.29) is 11.9 Å². The lowest BCUT2D eigenvalue weighted by atomic mass is 9.98. The van der Waals surface area contributed by atoms with Crippen molar-refractivity contribution in [3.05, 3.63) is 63.4 Å². The molecule has 0 saturated heterocycles. The zero-order chi connectivity index (χ0) is 15.4. The van der Waals surface area contributed by atoms with Gasteiger partial charge in [0, 0.05) is 21.7 Å². The van der Waals surface area contributed by atoms with Gasteiger partial charge in [-0.3, -0.25) is 0 Å². The summed E-state index contributed by atoms with van der Waals surface area (Å²) in [6.45, 7) is 2.62. The third-order valence-electron chi connectivity index (χ3n) is 3.20. The average Bonchev–Trinajstić information content (AvgIpc) is 2.48. The molecule has 2 aromatic carbocycles. The fraction of sp³-hybridized carbons (Fsp3) is 0.250. The van der Waals surface area contributed by atoms with Gasteiger partial charge in [0.2, 0.25) is 0 Å². The Bertz CT molecular complexity index is 634. The van der Waals surface area contributed by atoms with Crippen LogP contribution in [0.4, 0.5) is 4.39 Å². The lowest BCUT2D eigenvalue weighted by Crippen LogP contribution is -2.23. The molecule has 0 spiro atoms. The monoisotopic (exact) mass is 327 g/mol. The number of hydrogen-bond acceptors (Lipinski definition) is 2. The van der Waals surface area contributed by atoms with Crippen molar-refractivity contribution < 1.29 is 9.13 Å².